The number of sulfonamides is 1. The lowest BCUT2D eigenvalue weighted by atomic mass is 10.2. The van der Waals surface area contributed by atoms with Crippen molar-refractivity contribution in [1.82, 2.24) is 10.0 Å². The van der Waals surface area contributed by atoms with Crippen LogP contribution < -0.4 is 10.0 Å². The number of carbonyl (C=O) groups excluding carboxylic acids is 1. The smallest absolute Gasteiger partial charge is 0.303 e. The average molecular weight is 328 g/mol. The number of hydrogen-bond acceptors (Lipinski definition) is 4. The number of hydrogen-bond donors (Lipinski definition) is 3. The fourth-order valence-electron chi connectivity index (χ4n) is 1.73. The van der Waals surface area contributed by atoms with Crippen LogP contribution in [0.2, 0.25) is 0 Å². The third-order valence-corrected chi connectivity index (χ3v) is 4.37. The molecule has 3 N–H and O–H groups in total. The van der Waals surface area contributed by atoms with Gasteiger partial charge in [0.05, 0.1) is 11.3 Å². The first-order chi connectivity index (χ1) is 10.3. The summed E-state index contributed by atoms with van der Waals surface area (Å²) in [4.78, 5) is 22.0. The molecule has 1 amide bonds. The van der Waals surface area contributed by atoms with Crippen molar-refractivity contribution in [2.24, 2.45) is 0 Å². The third-order valence-electron chi connectivity index (χ3n) is 2.90. The van der Waals surface area contributed by atoms with Crippen molar-refractivity contribution in [2.75, 3.05) is 6.54 Å². The van der Waals surface area contributed by atoms with E-state index in [0.29, 0.717) is 6.42 Å². The topological polar surface area (TPSA) is 113 Å². The Morgan fingerprint density at radius 2 is 1.82 bits per heavy atom. The molecule has 0 saturated heterocycles. The molecule has 0 aromatic heterocycles. The molecule has 1 aromatic carbocycles. The lowest BCUT2D eigenvalue weighted by Crippen LogP contribution is -2.36. The molecular formula is C14H20N2O5S. The summed E-state index contributed by atoms with van der Waals surface area (Å²) < 4.78 is 26.4. The standard InChI is InChI=1S/C14H20N2O5S/c1-11(16-13(17)7-8-14(18)19)9-10-15-22(20,21)12-5-3-2-4-6-12/h2-6,11,15H,7-10H2,1H3,(H,16,17)(H,18,19). The Morgan fingerprint density at radius 1 is 1.18 bits per heavy atom. The number of amides is 1. The van der Waals surface area contributed by atoms with Gasteiger partial charge in [0.1, 0.15) is 0 Å². The Balaban J connectivity index is 2.34. The van der Waals surface area contributed by atoms with E-state index >= 15 is 0 Å². The highest BCUT2D eigenvalue weighted by molar-refractivity contribution is 7.89. The molecular weight excluding hydrogens is 308 g/mol. The second-order valence-electron chi connectivity index (χ2n) is 4.86. The zero-order valence-corrected chi connectivity index (χ0v) is 13.1. The number of carboxylic acids is 1. The van der Waals surface area contributed by atoms with Crippen molar-refractivity contribution in [3.63, 3.8) is 0 Å². The fourth-order valence-corrected chi connectivity index (χ4v) is 2.80. The lowest BCUT2D eigenvalue weighted by molar-refractivity contribution is -0.138. The van der Waals surface area contributed by atoms with Crippen LogP contribution in [-0.4, -0.2) is 38.0 Å². The normalized spacial score (nSPS) is 12.6. The summed E-state index contributed by atoms with van der Waals surface area (Å²) in [6.07, 6.45) is 0.0967. The highest BCUT2D eigenvalue weighted by atomic mass is 32.2. The van der Waals surface area contributed by atoms with Crippen molar-refractivity contribution in [2.45, 2.75) is 37.1 Å². The van der Waals surface area contributed by atoms with Gasteiger partial charge in [-0.1, -0.05) is 18.2 Å². The Bertz CT molecular complexity index is 601. The number of carboxylic acid groups (broad SMARTS) is 1. The van der Waals surface area contributed by atoms with Gasteiger partial charge < -0.3 is 10.4 Å². The molecule has 7 nitrogen and oxygen atoms in total. The summed E-state index contributed by atoms with van der Waals surface area (Å²) in [6, 6.07) is 7.76. The number of rotatable bonds is 9. The van der Waals surface area contributed by atoms with Crippen LogP contribution >= 0.6 is 0 Å². The summed E-state index contributed by atoms with van der Waals surface area (Å²) in [7, 11) is -3.55. The van der Waals surface area contributed by atoms with Crippen LogP contribution in [-0.2, 0) is 19.6 Å². The van der Waals surface area contributed by atoms with Crippen LogP contribution in [0, 0.1) is 0 Å². The molecule has 1 aromatic rings. The van der Waals surface area contributed by atoms with E-state index in [4.69, 9.17) is 5.11 Å². The van der Waals surface area contributed by atoms with Gasteiger partial charge in [0.25, 0.3) is 0 Å². The van der Waals surface area contributed by atoms with Crippen molar-refractivity contribution in [3.8, 4) is 0 Å². The van der Waals surface area contributed by atoms with Gasteiger partial charge in [0.2, 0.25) is 15.9 Å². The first-order valence-corrected chi connectivity index (χ1v) is 8.35. The van der Waals surface area contributed by atoms with E-state index in [2.05, 4.69) is 10.0 Å². The zero-order valence-electron chi connectivity index (χ0n) is 12.3. The molecule has 1 unspecified atom stereocenters. The van der Waals surface area contributed by atoms with E-state index in [0.717, 1.165) is 0 Å². The quantitative estimate of drug-likeness (QED) is 0.618. The maximum atomic E-state index is 11.9. The molecule has 0 aliphatic heterocycles. The molecule has 1 rings (SSSR count). The van der Waals surface area contributed by atoms with E-state index in [1.807, 2.05) is 0 Å². The van der Waals surface area contributed by atoms with Gasteiger partial charge in [-0.05, 0) is 25.5 Å². The third kappa shape index (κ3) is 6.68. The van der Waals surface area contributed by atoms with Gasteiger partial charge in [-0.25, -0.2) is 13.1 Å². The number of benzene rings is 1. The van der Waals surface area contributed by atoms with E-state index in [1.165, 1.54) is 12.1 Å². The largest absolute Gasteiger partial charge is 0.481 e. The van der Waals surface area contributed by atoms with Gasteiger partial charge >= 0.3 is 5.97 Å². The molecule has 0 spiro atoms. The first-order valence-electron chi connectivity index (χ1n) is 6.87. The van der Waals surface area contributed by atoms with Crippen LogP contribution in [0.3, 0.4) is 0 Å². The molecule has 0 saturated carbocycles. The minimum atomic E-state index is -3.55. The highest BCUT2D eigenvalue weighted by Crippen LogP contribution is 2.07. The monoisotopic (exact) mass is 328 g/mol. The van der Waals surface area contributed by atoms with E-state index < -0.39 is 16.0 Å². The minimum Gasteiger partial charge on any atom is -0.481 e. The fraction of sp³-hybridized carbons (Fsp3) is 0.429. The van der Waals surface area contributed by atoms with Crippen LogP contribution in [0.4, 0.5) is 0 Å². The predicted molar refractivity (Wildman–Crippen MR) is 80.7 cm³/mol. The number of aliphatic carboxylic acids is 1. The van der Waals surface area contributed by atoms with Crippen LogP contribution in [0.5, 0.6) is 0 Å². The average Bonchev–Trinajstić information content (AvgIpc) is 2.46. The van der Waals surface area contributed by atoms with Gasteiger partial charge in [0, 0.05) is 19.0 Å². The van der Waals surface area contributed by atoms with Crippen LogP contribution in [0.25, 0.3) is 0 Å². The van der Waals surface area contributed by atoms with Crippen molar-refractivity contribution in [3.05, 3.63) is 30.3 Å². The molecule has 0 fully saturated rings. The molecule has 0 radical (unpaired) electrons. The highest BCUT2D eigenvalue weighted by Gasteiger charge is 2.14. The van der Waals surface area contributed by atoms with E-state index in [9.17, 15) is 18.0 Å². The minimum absolute atomic E-state index is 0.0879. The van der Waals surface area contributed by atoms with Crippen LogP contribution in [0.1, 0.15) is 26.2 Å². The van der Waals surface area contributed by atoms with E-state index in [-0.39, 0.29) is 36.2 Å². The summed E-state index contributed by atoms with van der Waals surface area (Å²) in [5.74, 6) is -1.39. The van der Waals surface area contributed by atoms with Gasteiger partial charge in [-0.15, -0.1) is 0 Å². The summed E-state index contributed by atoms with van der Waals surface area (Å²) in [5.41, 5.74) is 0. The van der Waals surface area contributed by atoms with E-state index in [1.54, 1.807) is 25.1 Å². The molecule has 0 bridgehead atoms. The van der Waals surface area contributed by atoms with Crippen molar-refractivity contribution >= 4 is 21.9 Å². The maximum absolute atomic E-state index is 11.9. The zero-order chi connectivity index (χ0) is 16.6. The number of carbonyl (C=O) groups is 2. The molecule has 0 aliphatic carbocycles. The first kappa shape index (κ1) is 18.1. The molecule has 8 heteroatoms. The van der Waals surface area contributed by atoms with Gasteiger partial charge in [-0.3, -0.25) is 9.59 Å². The summed E-state index contributed by atoms with van der Waals surface area (Å²) in [5, 5.41) is 11.1. The lowest BCUT2D eigenvalue weighted by Gasteiger charge is -2.14. The summed E-state index contributed by atoms with van der Waals surface area (Å²) in [6.45, 7) is 1.91. The van der Waals surface area contributed by atoms with Crippen molar-refractivity contribution in [1.29, 1.82) is 0 Å². The summed E-state index contributed by atoms with van der Waals surface area (Å²) >= 11 is 0. The van der Waals surface area contributed by atoms with Crippen LogP contribution in [0.15, 0.2) is 35.2 Å². The van der Waals surface area contributed by atoms with Gasteiger partial charge in [-0.2, -0.15) is 0 Å². The molecule has 1 atom stereocenters. The molecule has 122 valence electrons. The predicted octanol–water partition coefficient (Wildman–Crippen LogP) is 0.724. The Hall–Kier alpha value is -1.93. The Labute approximate surface area is 129 Å². The maximum Gasteiger partial charge on any atom is 0.303 e. The Kier molecular flexibility index (Phi) is 7.00. The SMILES string of the molecule is CC(CCNS(=O)(=O)c1ccccc1)NC(=O)CCC(=O)O. The second kappa shape index (κ2) is 8.50. The second-order valence-corrected chi connectivity index (χ2v) is 6.63. The molecule has 22 heavy (non-hydrogen) atoms. The number of nitrogens with one attached hydrogen (secondary N) is 2. The Morgan fingerprint density at radius 3 is 2.41 bits per heavy atom. The van der Waals surface area contributed by atoms with Gasteiger partial charge in [0.15, 0.2) is 0 Å². The molecule has 0 aliphatic rings. The van der Waals surface area contributed by atoms with Crippen molar-refractivity contribution < 1.29 is 23.1 Å². The molecule has 0 heterocycles.